The number of benzene rings is 2. The highest BCUT2D eigenvalue weighted by Crippen LogP contribution is 2.32. The van der Waals surface area contributed by atoms with Gasteiger partial charge in [-0.15, -0.1) is 0 Å². The zero-order valence-corrected chi connectivity index (χ0v) is 20.9. The van der Waals surface area contributed by atoms with Crippen molar-refractivity contribution in [2.45, 2.75) is 33.4 Å². The molecule has 3 aromatic rings. The van der Waals surface area contributed by atoms with Crippen molar-refractivity contribution < 1.29 is 4.39 Å². The first-order valence-corrected chi connectivity index (χ1v) is 12.1. The predicted molar refractivity (Wildman–Crippen MR) is 138 cm³/mol. The Bertz CT molecular complexity index is 1320. The lowest BCUT2D eigenvalue weighted by Crippen LogP contribution is -2.50. The van der Waals surface area contributed by atoms with Crippen LogP contribution in [-0.4, -0.2) is 40.2 Å². The minimum absolute atomic E-state index is 0.182. The van der Waals surface area contributed by atoms with Gasteiger partial charge < -0.3 is 10.6 Å². The van der Waals surface area contributed by atoms with E-state index in [4.69, 9.17) is 5.73 Å². The van der Waals surface area contributed by atoms with Crippen LogP contribution in [0.4, 0.5) is 15.9 Å². The monoisotopic (exact) mass is 479 g/mol. The largest absolute Gasteiger partial charge is 0.385 e. The molecule has 7 nitrogen and oxygen atoms in total. The molecule has 8 heteroatoms. The second-order valence-electron chi connectivity index (χ2n) is 9.74. The van der Waals surface area contributed by atoms with E-state index >= 15 is 0 Å². The second kappa shape index (κ2) is 10.1. The molecule has 0 saturated carbocycles. The summed E-state index contributed by atoms with van der Waals surface area (Å²) >= 11 is 0. The van der Waals surface area contributed by atoms with Crippen molar-refractivity contribution in [1.82, 2.24) is 14.0 Å². The number of nitrogens with two attached hydrogens (primary N) is 1. The molecule has 0 bridgehead atoms. The van der Waals surface area contributed by atoms with Crippen LogP contribution >= 0.6 is 0 Å². The van der Waals surface area contributed by atoms with Crippen LogP contribution in [0.3, 0.4) is 0 Å². The lowest BCUT2D eigenvalue weighted by molar-refractivity contribution is 0.210. The summed E-state index contributed by atoms with van der Waals surface area (Å²) in [6, 6.07) is 14.4. The number of nitrogens with zero attached hydrogens (tertiary/aromatic N) is 4. The van der Waals surface area contributed by atoms with Crippen molar-refractivity contribution >= 4 is 11.5 Å². The summed E-state index contributed by atoms with van der Waals surface area (Å²) in [4.78, 5) is 30.7. The van der Waals surface area contributed by atoms with E-state index in [1.807, 2.05) is 49.9 Å². The van der Waals surface area contributed by atoms with Gasteiger partial charge in [0, 0.05) is 39.8 Å². The number of aromatic nitrogens is 2. The summed E-state index contributed by atoms with van der Waals surface area (Å²) < 4.78 is 17.1. The molecule has 1 unspecified atom stereocenters. The number of hydrogen-bond acceptors (Lipinski definition) is 5. The van der Waals surface area contributed by atoms with Crippen LogP contribution < -0.4 is 21.9 Å². The van der Waals surface area contributed by atoms with E-state index in [9.17, 15) is 14.0 Å². The van der Waals surface area contributed by atoms with E-state index in [0.29, 0.717) is 44.0 Å². The van der Waals surface area contributed by atoms with Gasteiger partial charge in [0.2, 0.25) is 0 Å². The van der Waals surface area contributed by atoms with Crippen LogP contribution in [0.15, 0.2) is 58.1 Å². The van der Waals surface area contributed by atoms with Crippen molar-refractivity contribution in [3.05, 3.63) is 91.9 Å². The number of aryl methyl sites for hydroxylation is 1. The van der Waals surface area contributed by atoms with Gasteiger partial charge in [0.25, 0.3) is 5.56 Å². The SMILES string of the molecule is Cc1cccc(C(c2c(N)n(CC(C)C)c(=O)n(C)c2=O)N2CCN(c3ccccc3F)CC2)c1. The zero-order valence-electron chi connectivity index (χ0n) is 20.9. The van der Waals surface area contributed by atoms with E-state index in [2.05, 4.69) is 11.0 Å². The lowest BCUT2D eigenvalue weighted by atomic mass is 9.95. The van der Waals surface area contributed by atoms with Gasteiger partial charge in [0.1, 0.15) is 11.6 Å². The van der Waals surface area contributed by atoms with Gasteiger partial charge in [0.15, 0.2) is 0 Å². The molecule has 0 radical (unpaired) electrons. The van der Waals surface area contributed by atoms with Crippen LogP contribution in [0, 0.1) is 18.7 Å². The fourth-order valence-corrected chi connectivity index (χ4v) is 4.93. The summed E-state index contributed by atoms with van der Waals surface area (Å²) in [5, 5.41) is 0. The van der Waals surface area contributed by atoms with Crippen LogP contribution in [0.1, 0.15) is 36.6 Å². The van der Waals surface area contributed by atoms with Gasteiger partial charge in [-0.05, 0) is 30.5 Å². The van der Waals surface area contributed by atoms with Gasteiger partial charge in [-0.3, -0.25) is 18.8 Å². The number of halogens is 1. The normalized spacial score (nSPS) is 15.5. The van der Waals surface area contributed by atoms with Gasteiger partial charge in [-0.2, -0.15) is 0 Å². The second-order valence-corrected chi connectivity index (χ2v) is 9.74. The molecule has 2 N–H and O–H groups in total. The molecule has 1 saturated heterocycles. The van der Waals surface area contributed by atoms with Crippen LogP contribution in [-0.2, 0) is 13.6 Å². The van der Waals surface area contributed by atoms with Gasteiger partial charge in [-0.1, -0.05) is 55.8 Å². The summed E-state index contributed by atoms with van der Waals surface area (Å²) in [5.74, 6) is 0.159. The molecular formula is C27H34FN5O2. The van der Waals surface area contributed by atoms with E-state index < -0.39 is 11.7 Å². The van der Waals surface area contributed by atoms with E-state index in [-0.39, 0.29) is 23.1 Å². The average molecular weight is 480 g/mol. The first-order valence-electron chi connectivity index (χ1n) is 12.1. The first kappa shape index (κ1) is 24.7. The highest BCUT2D eigenvalue weighted by molar-refractivity contribution is 5.49. The van der Waals surface area contributed by atoms with E-state index in [1.165, 1.54) is 17.7 Å². The minimum atomic E-state index is -0.421. The maximum Gasteiger partial charge on any atom is 0.332 e. The van der Waals surface area contributed by atoms with Crippen molar-refractivity contribution in [1.29, 1.82) is 0 Å². The summed E-state index contributed by atoms with van der Waals surface area (Å²) in [6.45, 7) is 8.89. The molecule has 35 heavy (non-hydrogen) atoms. The number of piperazine rings is 1. The molecule has 0 amide bonds. The highest BCUT2D eigenvalue weighted by Gasteiger charge is 2.32. The number of hydrogen-bond donors (Lipinski definition) is 1. The fourth-order valence-electron chi connectivity index (χ4n) is 4.93. The molecule has 1 aliphatic heterocycles. The maximum atomic E-state index is 14.4. The summed E-state index contributed by atoms with van der Waals surface area (Å²) in [7, 11) is 1.51. The maximum absolute atomic E-state index is 14.4. The molecule has 2 aromatic carbocycles. The van der Waals surface area contributed by atoms with Crippen molar-refractivity contribution in [2.75, 3.05) is 36.8 Å². The Morgan fingerprint density at radius 2 is 1.69 bits per heavy atom. The third kappa shape index (κ3) is 4.89. The molecular weight excluding hydrogens is 445 g/mol. The molecule has 0 spiro atoms. The Morgan fingerprint density at radius 3 is 2.31 bits per heavy atom. The highest BCUT2D eigenvalue weighted by atomic mass is 19.1. The molecule has 4 rings (SSSR count). The molecule has 186 valence electrons. The Balaban J connectivity index is 1.79. The van der Waals surface area contributed by atoms with E-state index in [0.717, 1.165) is 15.7 Å². The molecule has 1 aromatic heterocycles. The van der Waals surface area contributed by atoms with Crippen molar-refractivity contribution in [2.24, 2.45) is 13.0 Å². The van der Waals surface area contributed by atoms with Gasteiger partial charge in [0.05, 0.1) is 17.3 Å². The predicted octanol–water partition coefficient (Wildman–Crippen LogP) is 3.14. The number of para-hydroxylation sites is 1. The summed E-state index contributed by atoms with van der Waals surface area (Å²) in [6.07, 6.45) is 0. The Morgan fingerprint density at radius 1 is 1.00 bits per heavy atom. The molecule has 2 heterocycles. The number of anilines is 2. The Kier molecular flexibility index (Phi) is 7.12. The third-order valence-electron chi connectivity index (χ3n) is 6.67. The van der Waals surface area contributed by atoms with E-state index in [1.54, 1.807) is 12.1 Å². The lowest BCUT2D eigenvalue weighted by Gasteiger charge is -2.41. The molecule has 1 fully saturated rings. The topological polar surface area (TPSA) is 76.5 Å². The molecule has 0 aliphatic carbocycles. The van der Waals surface area contributed by atoms with Crippen LogP contribution in [0.5, 0.6) is 0 Å². The number of rotatable bonds is 6. The standard InChI is InChI=1S/C27H34FN5O2/c1-18(2)17-33-25(29)23(26(34)30(4)27(33)35)24(20-9-7-8-19(3)16-20)32-14-12-31(13-15-32)22-11-6-5-10-21(22)28/h5-11,16,18,24H,12-15,17,29H2,1-4H3. The molecule has 1 aliphatic rings. The van der Waals surface area contributed by atoms with Crippen molar-refractivity contribution in [3.63, 3.8) is 0 Å². The van der Waals surface area contributed by atoms with Crippen molar-refractivity contribution in [3.8, 4) is 0 Å². The fraction of sp³-hybridized carbons (Fsp3) is 0.407. The first-order chi connectivity index (χ1) is 16.7. The smallest absolute Gasteiger partial charge is 0.332 e. The minimum Gasteiger partial charge on any atom is -0.385 e. The van der Waals surface area contributed by atoms with Crippen LogP contribution in [0.25, 0.3) is 0 Å². The number of nitrogen functional groups attached to an aromatic ring is 1. The van der Waals surface area contributed by atoms with Gasteiger partial charge in [-0.25, -0.2) is 9.18 Å². The van der Waals surface area contributed by atoms with Gasteiger partial charge >= 0.3 is 5.69 Å². The zero-order chi connectivity index (χ0) is 25.3. The third-order valence-corrected chi connectivity index (χ3v) is 6.67. The summed E-state index contributed by atoms with van der Waals surface area (Å²) in [5.41, 5.74) is 8.82. The Hall–Kier alpha value is -3.39. The van der Waals surface area contributed by atoms with Crippen LogP contribution in [0.2, 0.25) is 0 Å². The molecule has 1 atom stereocenters. The average Bonchev–Trinajstić information content (AvgIpc) is 2.84. The quantitative estimate of drug-likeness (QED) is 0.588. The Labute approximate surface area is 205 Å².